The first-order valence-electron chi connectivity index (χ1n) is 12.6. The summed E-state index contributed by atoms with van der Waals surface area (Å²) in [6.07, 6.45) is 3.91. The molecule has 4 atom stereocenters. The fraction of sp³-hybridized carbons (Fsp3) is 0.630. The van der Waals surface area contributed by atoms with Crippen LogP contribution in [0.2, 0.25) is 0 Å². The van der Waals surface area contributed by atoms with E-state index in [9.17, 15) is 9.59 Å². The van der Waals surface area contributed by atoms with Gasteiger partial charge in [-0.25, -0.2) is 0 Å². The van der Waals surface area contributed by atoms with Crippen LogP contribution in [0.5, 0.6) is 11.5 Å². The third-order valence-electron chi connectivity index (χ3n) is 8.19. The van der Waals surface area contributed by atoms with Crippen molar-refractivity contribution < 1.29 is 23.8 Å². The minimum absolute atomic E-state index is 0.108. The van der Waals surface area contributed by atoms with Crippen LogP contribution in [0.15, 0.2) is 18.2 Å². The van der Waals surface area contributed by atoms with Crippen LogP contribution in [0.3, 0.4) is 0 Å². The number of benzene rings is 1. The molecule has 4 rings (SSSR count). The molecule has 1 aliphatic carbocycles. The molecule has 1 aromatic carbocycles. The van der Waals surface area contributed by atoms with E-state index in [0.29, 0.717) is 55.1 Å². The van der Waals surface area contributed by atoms with Gasteiger partial charge in [0.15, 0.2) is 0 Å². The van der Waals surface area contributed by atoms with Gasteiger partial charge in [0, 0.05) is 31.7 Å². The van der Waals surface area contributed by atoms with Gasteiger partial charge in [-0.2, -0.15) is 0 Å². The normalized spacial score (nSPS) is 26.5. The van der Waals surface area contributed by atoms with E-state index in [1.165, 1.54) is 6.42 Å². The molecular formula is C27H39N3O5. The lowest BCUT2D eigenvalue weighted by Crippen LogP contribution is -2.65. The summed E-state index contributed by atoms with van der Waals surface area (Å²) in [6.45, 7) is 7.63. The maximum Gasteiger partial charge on any atom is 0.271 e. The quantitative estimate of drug-likeness (QED) is 0.575. The smallest absolute Gasteiger partial charge is 0.271 e. The number of nitrogens with zero attached hydrogens (tertiary/aromatic N) is 2. The Balaban J connectivity index is 1.77. The second-order valence-electron chi connectivity index (χ2n) is 10.3. The average molecular weight is 486 g/mol. The molecule has 1 aliphatic heterocycles. The van der Waals surface area contributed by atoms with Crippen LogP contribution in [-0.2, 0) is 16.1 Å². The number of fused-ring (bicyclic) bond motifs is 3. The Bertz CT molecular complexity index is 1100. The van der Waals surface area contributed by atoms with E-state index in [0.717, 1.165) is 23.7 Å². The van der Waals surface area contributed by atoms with Crippen molar-refractivity contribution in [3.8, 4) is 11.5 Å². The van der Waals surface area contributed by atoms with E-state index in [1.807, 2.05) is 29.7 Å². The van der Waals surface area contributed by atoms with Crippen LogP contribution < -0.4 is 14.8 Å². The summed E-state index contributed by atoms with van der Waals surface area (Å²) in [4.78, 5) is 29.6. The monoisotopic (exact) mass is 485 g/mol. The molecule has 2 heterocycles. The number of ether oxygens (including phenoxy) is 3. The Hall–Kier alpha value is -2.74. The zero-order chi connectivity index (χ0) is 25.3. The van der Waals surface area contributed by atoms with Gasteiger partial charge >= 0.3 is 0 Å². The molecule has 8 heteroatoms. The van der Waals surface area contributed by atoms with Crippen molar-refractivity contribution in [3.05, 3.63) is 23.9 Å². The Morgan fingerprint density at radius 3 is 2.54 bits per heavy atom. The second kappa shape index (κ2) is 10.1. The lowest BCUT2D eigenvalue weighted by atomic mass is 9.77. The summed E-state index contributed by atoms with van der Waals surface area (Å²) in [6, 6.07) is 5.64. The zero-order valence-electron chi connectivity index (χ0n) is 21.8. The van der Waals surface area contributed by atoms with Crippen molar-refractivity contribution >= 4 is 22.7 Å². The standard InChI is InChI=1S/C27H39N3O5/c1-17-9-7-10-20(18(17)2)28-26(32)27(3)16-29-21(25(31)30(27)13-8-14-33-4)15-19-22(34-5)11-12-23(35-6)24(19)29/h11-12,15,17-18,20H,7-10,13-14,16H2,1-6H3,(H,28,32)/t17-,18+,20+,27+/m0/s1. The molecule has 1 saturated carbocycles. The van der Waals surface area contributed by atoms with Gasteiger partial charge < -0.3 is 29.0 Å². The molecular weight excluding hydrogens is 446 g/mol. The lowest BCUT2D eigenvalue weighted by Gasteiger charge is -2.45. The fourth-order valence-electron chi connectivity index (χ4n) is 5.78. The van der Waals surface area contributed by atoms with E-state index in [-0.39, 0.29) is 17.9 Å². The van der Waals surface area contributed by atoms with E-state index in [4.69, 9.17) is 14.2 Å². The average Bonchev–Trinajstić information content (AvgIpc) is 3.23. The molecule has 1 aromatic heterocycles. The van der Waals surface area contributed by atoms with Crippen LogP contribution in [0.1, 0.15) is 56.9 Å². The Labute approximate surface area is 207 Å². The number of rotatable bonds is 8. The van der Waals surface area contributed by atoms with E-state index >= 15 is 0 Å². The summed E-state index contributed by atoms with van der Waals surface area (Å²) in [5.74, 6) is 1.98. The van der Waals surface area contributed by atoms with Gasteiger partial charge in [-0.3, -0.25) is 9.59 Å². The number of carbonyl (C=O) groups is 2. The van der Waals surface area contributed by atoms with Crippen molar-refractivity contribution in [1.82, 2.24) is 14.8 Å². The third-order valence-corrected chi connectivity index (χ3v) is 8.19. The van der Waals surface area contributed by atoms with Gasteiger partial charge in [-0.1, -0.05) is 26.7 Å². The molecule has 0 unspecified atom stereocenters. The van der Waals surface area contributed by atoms with Crippen LogP contribution in [-0.4, -0.2) is 67.3 Å². The highest BCUT2D eigenvalue weighted by molar-refractivity contribution is 6.05. The van der Waals surface area contributed by atoms with Crippen LogP contribution >= 0.6 is 0 Å². The SMILES string of the molecule is COCCCN1C(=O)c2cc3c(OC)ccc(OC)c3n2C[C@]1(C)C(=O)N[C@@H]1CCC[C@H](C)[C@H]1C. The first kappa shape index (κ1) is 25.4. The lowest BCUT2D eigenvalue weighted by molar-refractivity contribution is -0.134. The fourth-order valence-corrected chi connectivity index (χ4v) is 5.78. The maximum absolute atomic E-state index is 14.0. The van der Waals surface area contributed by atoms with E-state index < -0.39 is 5.54 Å². The van der Waals surface area contributed by atoms with Crippen molar-refractivity contribution in [2.75, 3.05) is 34.5 Å². The molecule has 0 saturated heterocycles. The summed E-state index contributed by atoms with van der Waals surface area (Å²) in [5.41, 5.74) is 0.244. The molecule has 0 spiro atoms. The molecule has 0 radical (unpaired) electrons. The maximum atomic E-state index is 14.0. The summed E-state index contributed by atoms with van der Waals surface area (Å²) >= 11 is 0. The van der Waals surface area contributed by atoms with E-state index in [2.05, 4.69) is 19.2 Å². The highest BCUT2D eigenvalue weighted by atomic mass is 16.5. The molecule has 8 nitrogen and oxygen atoms in total. The van der Waals surface area contributed by atoms with Crippen LogP contribution in [0.25, 0.3) is 10.9 Å². The Kier molecular flexibility index (Phi) is 7.31. The Morgan fingerprint density at radius 2 is 1.86 bits per heavy atom. The largest absolute Gasteiger partial charge is 0.496 e. The number of nitrogens with one attached hydrogen (secondary N) is 1. The number of amides is 2. The molecule has 192 valence electrons. The van der Waals surface area contributed by atoms with Crippen LogP contribution in [0, 0.1) is 11.8 Å². The topological polar surface area (TPSA) is 82.0 Å². The zero-order valence-corrected chi connectivity index (χ0v) is 21.8. The van der Waals surface area contributed by atoms with Crippen molar-refractivity contribution in [2.24, 2.45) is 11.8 Å². The van der Waals surface area contributed by atoms with E-state index in [1.54, 1.807) is 26.2 Å². The number of hydrogen-bond acceptors (Lipinski definition) is 5. The van der Waals surface area contributed by atoms with Gasteiger partial charge in [-0.05, 0) is 49.8 Å². The summed E-state index contributed by atoms with van der Waals surface area (Å²) < 4.78 is 18.4. The van der Waals surface area contributed by atoms with Crippen molar-refractivity contribution in [2.45, 2.75) is 64.6 Å². The third kappa shape index (κ3) is 4.37. The molecule has 2 aliphatic rings. The highest BCUT2D eigenvalue weighted by Gasteiger charge is 2.48. The van der Waals surface area contributed by atoms with Crippen LogP contribution in [0.4, 0.5) is 0 Å². The number of hydrogen-bond donors (Lipinski definition) is 1. The minimum Gasteiger partial charge on any atom is -0.496 e. The first-order valence-corrected chi connectivity index (χ1v) is 12.6. The number of aromatic nitrogens is 1. The number of carbonyl (C=O) groups excluding carboxylic acids is 2. The predicted octanol–water partition coefficient (Wildman–Crippen LogP) is 3.85. The molecule has 35 heavy (non-hydrogen) atoms. The molecule has 2 amide bonds. The molecule has 1 fully saturated rings. The van der Waals surface area contributed by atoms with Crippen molar-refractivity contribution in [3.63, 3.8) is 0 Å². The molecule has 1 N–H and O–H groups in total. The van der Waals surface area contributed by atoms with Gasteiger partial charge in [0.1, 0.15) is 22.7 Å². The first-order chi connectivity index (χ1) is 16.8. The summed E-state index contributed by atoms with van der Waals surface area (Å²) in [5, 5.41) is 4.14. The van der Waals surface area contributed by atoms with Crippen molar-refractivity contribution in [1.29, 1.82) is 0 Å². The van der Waals surface area contributed by atoms with Gasteiger partial charge in [0.25, 0.3) is 5.91 Å². The van der Waals surface area contributed by atoms with Gasteiger partial charge in [-0.15, -0.1) is 0 Å². The molecule has 2 aromatic rings. The minimum atomic E-state index is -1.06. The predicted molar refractivity (Wildman–Crippen MR) is 135 cm³/mol. The highest BCUT2D eigenvalue weighted by Crippen LogP contribution is 2.40. The summed E-state index contributed by atoms with van der Waals surface area (Å²) in [7, 11) is 4.87. The number of methoxy groups -OCH3 is 3. The second-order valence-corrected chi connectivity index (χ2v) is 10.3. The van der Waals surface area contributed by atoms with Gasteiger partial charge in [0.2, 0.25) is 5.91 Å². The van der Waals surface area contributed by atoms with Gasteiger partial charge in [0.05, 0.1) is 26.3 Å². The molecule has 0 bridgehead atoms. The Morgan fingerprint density at radius 1 is 1.14 bits per heavy atom.